The summed E-state index contributed by atoms with van der Waals surface area (Å²) < 4.78 is 16.7. The zero-order valence-corrected chi connectivity index (χ0v) is 19.7. The predicted octanol–water partition coefficient (Wildman–Crippen LogP) is 2.29. The fourth-order valence-corrected chi connectivity index (χ4v) is 8.75. The van der Waals surface area contributed by atoms with Crippen LogP contribution in [0.25, 0.3) is 0 Å². The van der Waals surface area contributed by atoms with E-state index in [4.69, 9.17) is 14.2 Å². The zero-order chi connectivity index (χ0) is 23.5. The summed E-state index contributed by atoms with van der Waals surface area (Å²) in [5.74, 6) is -0.362. The molecule has 8 nitrogen and oxygen atoms in total. The molecule has 176 valence electrons. The van der Waals surface area contributed by atoms with E-state index in [-0.39, 0.29) is 18.0 Å². The Morgan fingerprint density at radius 1 is 1.30 bits per heavy atom. The SMILES string of the molecule is CC=C1C[N+]2([O-])C3CC1C1(C(=O)OC)C(OC(C)=O)C4(CC12)c1cc(OC)ccc1N(C)C34. The smallest absolute Gasteiger partial charge is 0.322 e. The molecule has 1 aromatic rings. The first-order chi connectivity index (χ1) is 15.7. The molecule has 5 bridgehead atoms. The van der Waals surface area contributed by atoms with Crippen molar-refractivity contribution >= 4 is 17.6 Å². The van der Waals surface area contributed by atoms with Gasteiger partial charge in [0.2, 0.25) is 0 Å². The van der Waals surface area contributed by atoms with Gasteiger partial charge >= 0.3 is 11.9 Å². The van der Waals surface area contributed by atoms with E-state index in [1.54, 1.807) is 7.11 Å². The van der Waals surface area contributed by atoms with E-state index in [2.05, 4.69) is 4.90 Å². The number of hydrogen-bond donors (Lipinski definition) is 0. The van der Waals surface area contributed by atoms with Gasteiger partial charge in [0.05, 0.1) is 25.7 Å². The number of anilines is 1. The molecule has 5 heterocycles. The molecule has 8 atom stereocenters. The van der Waals surface area contributed by atoms with Gasteiger partial charge in [-0.05, 0) is 36.3 Å². The summed E-state index contributed by atoms with van der Waals surface area (Å²) in [4.78, 5) is 28.5. The Kier molecular flexibility index (Phi) is 4.01. The lowest BCUT2D eigenvalue weighted by Crippen LogP contribution is -2.79. The number of ether oxygens (including phenoxy) is 3. The monoisotopic (exact) mass is 454 g/mol. The number of rotatable bonds is 3. The second-order valence-corrected chi connectivity index (χ2v) is 10.3. The van der Waals surface area contributed by atoms with Gasteiger partial charge in [0.25, 0.3) is 0 Å². The fourth-order valence-electron chi connectivity index (χ4n) is 8.75. The van der Waals surface area contributed by atoms with Crippen molar-refractivity contribution in [2.24, 2.45) is 11.3 Å². The zero-order valence-electron chi connectivity index (χ0n) is 19.7. The minimum atomic E-state index is -1.21. The number of piperidine rings is 4. The lowest BCUT2D eigenvalue weighted by atomic mass is 9.58. The standard InChI is InChI=1S/C25H30N2O6/c1-6-14-12-27(30)19-10-16(14)25(23(29)32-5)20(27)11-24(22(25)33-13(2)28)17-9-15(31-4)7-8-18(17)26(3)21(19)24/h6-9,16,19-22H,10-12H2,1-5H3. The molecule has 0 aromatic heterocycles. The third-order valence-corrected chi connectivity index (χ3v) is 9.59. The van der Waals surface area contributed by atoms with E-state index in [0.29, 0.717) is 25.1 Å². The van der Waals surface area contributed by atoms with Gasteiger partial charge in [0.15, 0.2) is 5.41 Å². The maximum Gasteiger partial charge on any atom is 0.322 e. The molecule has 8 unspecified atom stereocenters. The highest BCUT2D eigenvalue weighted by Gasteiger charge is 2.88. The van der Waals surface area contributed by atoms with Crippen LogP contribution in [-0.4, -0.2) is 68.6 Å². The highest BCUT2D eigenvalue weighted by molar-refractivity contribution is 5.84. The number of benzene rings is 1. The van der Waals surface area contributed by atoms with Crippen molar-refractivity contribution < 1.29 is 28.4 Å². The van der Waals surface area contributed by atoms with Crippen molar-refractivity contribution in [1.29, 1.82) is 0 Å². The molecule has 0 radical (unpaired) electrons. The second-order valence-electron chi connectivity index (χ2n) is 10.3. The highest BCUT2D eigenvalue weighted by Crippen LogP contribution is 2.75. The molecule has 8 heteroatoms. The molecule has 1 aliphatic carbocycles. The Bertz CT molecular complexity index is 1120. The van der Waals surface area contributed by atoms with Gasteiger partial charge in [-0.2, -0.15) is 0 Å². The Labute approximate surface area is 193 Å². The summed E-state index contributed by atoms with van der Waals surface area (Å²) in [6, 6.07) is 4.99. The molecule has 7 rings (SSSR count). The van der Waals surface area contributed by atoms with Crippen LogP contribution in [-0.2, 0) is 24.5 Å². The minimum absolute atomic E-state index is 0.185. The number of allylic oxidation sites excluding steroid dienone is 1. The third kappa shape index (κ3) is 2.03. The molecule has 4 saturated heterocycles. The van der Waals surface area contributed by atoms with Gasteiger partial charge < -0.3 is 29.0 Å². The Morgan fingerprint density at radius 2 is 2.06 bits per heavy atom. The molecule has 0 N–H and O–H groups in total. The number of carbonyl (C=O) groups excluding carboxylic acids is 2. The molecule has 1 spiro atoms. The minimum Gasteiger partial charge on any atom is -0.632 e. The van der Waals surface area contributed by atoms with Crippen molar-refractivity contribution in [3.8, 4) is 5.75 Å². The van der Waals surface area contributed by atoms with Gasteiger partial charge in [0, 0.05) is 38.4 Å². The molecule has 1 aromatic carbocycles. The van der Waals surface area contributed by atoms with E-state index >= 15 is 0 Å². The summed E-state index contributed by atoms with van der Waals surface area (Å²) in [6.45, 7) is 3.68. The van der Waals surface area contributed by atoms with Crippen LogP contribution in [0.5, 0.6) is 5.75 Å². The van der Waals surface area contributed by atoms with Crippen LogP contribution in [0.1, 0.15) is 32.3 Å². The summed E-state index contributed by atoms with van der Waals surface area (Å²) >= 11 is 0. The number of fused-ring (bicyclic) bond motifs is 2. The number of carbonyl (C=O) groups is 2. The van der Waals surface area contributed by atoms with Crippen LogP contribution in [0, 0.1) is 16.5 Å². The van der Waals surface area contributed by atoms with Crippen molar-refractivity contribution in [2.45, 2.75) is 56.3 Å². The maximum absolute atomic E-state index is 14.8. The topological polar surface area (TPSA) is 88.1 Å². The summed E-state index contributed by atoms with van der Waals surface area (Å²) in [6.07, 6.45) is 2.24. The molecule has 0 amide bonds. The van der Waals surface area contributed by atoms with Crippen LogP contribution in [0.3, 0.4) is 0 Å². The van der Waals surface area contributed by atoms with Crippen LogP contribution in [0.15, 0.2) is 29.8 Å². The van der Waals surface area contributed by atoms with Crippen LogP contribution in [0.4, 0.5) is 5.69 Å². The van der Waals surface area contributed by atoms with Crippen molar-refractivity contribution in [1.82, 2.24) is 0 Å². The third-order valence-electron chi connectivity index (χ3n) is 9.59. The van der Waals surface area contributed by atoms with Crippen LogP contribution in [0.2, 0.25) is 0 Å². The second kappa shape index (κ2) is 6.30. The lowest BCUT2D eigenvalue weighted by Gasteiger charge is -2.69. The van der Waals surface area contributed by atoms with Crippen LogP contribution < -0.4 is 9.64 Å². The highest BCUT2D eigenvalue weighted by atomic mass is 16.6. The lowest BCUT2D eigenvalue weighted by molar-refractivity contribution is -0.950. The summed E-state index contributed by atoms with van der Waals surface area (Å²) in [5, 5.41) is 14.8. The summed E-state index contributed by atoms with van der Waals surface area (Å²) in [5.41, 5.74) is 1.08. The van der Waals surface area contributed by atoms with Gasteiger partial charge in [0.1, 0.15) is 30.5 Å². The Morgan fingerprint density at radius 3 is 2.70 bits per heavy atom. The Balaban J connectivity index is 1.71. The average molecular weight is 455 g/mol. The number of esters is 2. The molecule has 5 aliphatic heterocycles. The number of nitrogens with zero attached hydrogens (tertiary/aromatic N) is 2. The van der Waals surface area contributed by atoms with Crippen LogP contribution >= 0.6 is 0 Å². The van der Waals surface area contributed by atoms with Crippen molar-refractivity contribution in [2.75, 3.05) is 32.7 Å². The van der Waals surface area contributed by atoms with Gasteiger partial charge in [-0.1, -0.05) is 6.08 Å². The summed E-state index contributed by atoms with van der Waals surface area (Å²) in [7, 11) is 5.01. The van der Waals surface area contributed by atoms with E-state index in [1.165, 1.54) is 14.0 Å². The molecular weight excluding hydrogens is 424 g/mol. The van der Waals surface area contributed by atoms with Gasteiger partial charge in [-0.15, -0.1) is 0 Å². The van der Waals surface area contributed by atoms with E-state index in [1.807, 2.05) is 38.2 Å². The normalized spacial score (nSPS) is 44.6. The molecule has 33 heavy (non-hydrogen) atoms. The average Bonchev–Trinajstić information content (AvgIpc) is 3.18. The molecule has 1 saturated carbocycles. The fraction of sp³-hybridized carbons (Fsp3) is 0.600. The first kappa shape index (κ1) is 21.0. The first-order valence-electron chi connectivity index (χ1n) is 11.6. The van der Waals surface area contributed by atoms with Crippen molar-refractivity contribution in [3.63, 3.8) is 0 Å². The van der Waals surface area contributed by atoms with E-state index in [0.717, 1.165) is 16.8 Å². The first-order valence-corrected chi connectivity index (χ1v) is 11.6. The predicted molar refractivity (Wildman–Crippen MR) is 119 cm³/mol. The number of methoxy groups -OCH3 is 2. The Hall–Kier alpha value is -2.58. The maximum atomic E-state index is 14.8. The largest absolute Gasteiger partial charge is 0.632 e. The van der Waals surface area contributed by atoms with E-state index in [9.17, 15) is 14.8 Å². The van der Waals surface area contributed by atoms with E-state index < -0.39 is 39.6 Å². The molecule has 6 aliphatic rings. The van der Waals surface area contributed by atoms with Crippen molar-refractivity contribution in [3.05, 3.63) is 40.6 Å². The van der Waals surface area contributed by atoms with Gasteiger partial charge in [-0.25, -0.2) is 0 Å². The number of hydroxylamine groups is 3. The number of hydrogen-bond acceptors (Lipinski definition) is 7. The number of quaternary nitrogens is 1. The molecule has 5 fully saturated rings. The van der Waals surface area contributed by atoms with Gasteiger partial charge in [-0.3, -0.25) is 9.59 Å². The quantitative estimate of drug-likeness (QED) is 0.300. The molecular formula is C25H30N2O6. The number of likely N-dealkylation sites (N-methyl/N-ethyl adjacent to an activating group) is 1.